The minimum atomic E-state index is -1.73. The largest absolute Gasteiger partial charge is 0.458 e. The third kappa shape index (κ3) is 3.16. The number of benzene rings is 1. The van der Waals surface area contributed by atoms with Crippen LogP contribution in [0.15, 0.2) is 59.7 Å². The number of para-hydroxylation sites is 1. The van der Waals surface area contributed by atoms with Crippen LogP contribution in [0, 0.1) is 11.3 Å². The third-order valence-electron chi connectivity index (χ3n) is 6.01. The molecule has 1 atom stereocenters. The van der Waals surface area contributed by atoms with E-state index in [-0.39, 0.29) is 29.4 Å². The Labute approximate surface area is 185 Å². The van der Waals surface area contributed by atoms with Crippen molar-refractivity contribution in [2.75, 3.05) is 44.5 Å². The fourth-order valence-electron chi connectivity index (χ4n) is 4.62. The van der Waals surface area contributed by atoms with Crippen molar-refractivity contribution < 1.29 is 28.7 Å². The highest BCUT2D eigenvalue weighted by Crippen LogP contribution is 2.53. The van der Waals surface area contributed by atoms with Crippen LogP contribution in [0.3, 0.4) is 0 Å². The topological polar surface area (TPSA) is 119 Å². The molecule has 1 spiro atoms. The van der Waals surface area contributed by atoms with Crippen molar-refractivity contribution >= 4 is 17.6 Å². The molecule has 1 aromatic rings. The maximum Gasteiger partial charge on any atom is 0.339 e. The first-order chi connectivity index (χ1) is 15.5. The van der Waals surface area contributed by atoms with Crippen LogP contribution in [0.4, 0.5) is 5.69 Å². The lowest BCUT2D eigenvalue weighted by Gasteiger charge is -2.35. The van der Waals surface area contributed by atoms with Crippen LogP contribution >= 0.6 is 0 Å². The van der Waals surface area contributed by atoms with E-state index in [4.69, 9.17) is 19.9 Å². The van der Waals surface area contributed by atoms with Crippen molar-refractivity contribution in [3.8, 4) is 6.07 Å². The number of ether oxygens (including phenoxy) is 3. The van der Waals surface area contributed by atoms with Crippen molar-refractivity contribution in [1.82, 2.24) is 0 Å². The Balaban J connectivity index is 1.91. The molecule has 1 saturated heterocycles. The number of allylic oxidation sites excluding steroid dienone is 1. The SMILES string of the molecule is C=CCOC(=O)C1=C(C)OC(N)=C(C#N)[C@]12C(=O)N(C[NH+]1CCOCC1)c1ccccc12. The standard InChI is InChI=1S/C23H24N4O5/c1-3-10-31-21(28)19-15(2)32-20(25)17(13-24)23(19)16-6-4-5-7-18(16)27(22(23)29)14-26-8-11-30-12-9-26/h3-7H,1,8-12,14,25H2,2H3/p+1/t23-/m0/s1. The van der Waals surface area contributed by atoms with Gasteiger partial charge in [0.05, 0.1) is 18.9 Å². The molecule has 1 aromatic carbocycles. The summed E-state index contributed by atoms with van der Waals surface area (Å²) in [7, 11) is 0. The number of hydrogen-bond acceptors (Lipinski definition) is 7. The van der Waals surface area contributed by atoms with E-state index in [1.807, 2.05) is 18.2 Å². The highest BCUT2D eigenvalue weighted by atomic mass is 16.5. The summed E-state index contributed by atoms with van der Waals surface area (Å²) in [5.41, 5.74) is 5.32. The fraction of sp³-hybridized carbons (Fsp3) is 0.348. The van der Waals surface area contributed by atoms with Gasteiger partial charge in [-0.05, 0) is 13.0 Å². The van der Waals surface area contributed by atoms with Gasteiger partial charge in [-0.25, -0.2) is 4.79 Å². The van der Waals surface area contributed by atoms with E-state index in [2.05, 4.69) is 6.58 Å². The van der Waals surface area contributed by atoms with Gasteiger partial charge in [0.15, 0.2) is 12.1 Å². The molecule has 1 fully saturated rings. The first-order valence-electron chi connectivity index (χ1n) is 10.4. The summed E-state index contributed by atoms with van der Waals surface area (Å²) >= 11 is 0. The average molecular weight is 437 g/mol. The lowest BCUT2D eigenvalue weighted by molar-refractivity contribution is -0.906. The van der Waals surface area contributed by atoms with Gasteiger partial charge in [0.1, 0.15) is 42.7 Å². The number of esters is 1. The van der Waals surface area contributed by atoms with Gasteiger partial charge in [0.25, 0.3) is 5.91 Å². The van der Waals surface area contributed by atoms with Gasteiger partial charge < -0.3 is 24.8 Å². The van der Waals surface area contributed by atoms with Gasteiger partial charge in [0, 0.05) is 5.56 Å². The zero-order valence-electron chi connectivity index (χ0n) is 17.8. The van der Waals surface area contributed by atoms with E-state index < -0.39 is 17.3 Å². The van der Waals surface area contributed by atoms with Crippen LogP contribution in [0.5, 0.6) is 0 Å². The number of nitrogens with zero attached hydrogens (tertiary/aromatic N) is 2. The lowest BCUT2D eigenvalue weighted by Crippen LogP contribution is -3.15. The van der Waals surface area contributed by atoms with Crippen molar-refractivity contribution in [2.24, 2.45) is 5.73 Å². The van der Waals surface area contributed by atoms with Crippen LogP contribution in [0.2, 0.25) is 0 Å². The van der Waals surface area contributed by atoms with Crippen molar-refractivity contribution in [1.29, 1.82) is 5.26 Å². The smallest absolute Gasteiger partial charge is 0.339 e. The molecule has 9 heteroatoms. The van der Waals surface area contributed by atoms with Gasteiger partial charge in [-0.2, -0.15) is 5.26 Å². The second-order valence-corrected chi connectivity index (χ2v) is 7.79. The molecule has 9 nitrogen and oxygen atoms in total. The number of nitrogens with one attached hydrogen (secondary N) is 1. The van der Waals surface area contributed by atoms with Gasteiger partial charge in [-0.1, -0.05) is 30.9 Å². The third-order valence-corrected chi connectivity index (χ3v) is 6.01. The Hall–Kier alpha value is -3.61. The second kappa shape index (κ2) is 8.49. The van der Waals surface area contributed by atoms with Crippen LogP contribution in [0.1, 0.15) is 12.5 Å². The quantitative estimate of drug-likeness (QED) is 0.487. The Morgan fingerprint density at radius 2 is 2.12 bits per heavy atom. The molecular weight excluding hydrogens is 412 g/mol. The van der Waals surface area contributed by atoms with Crippen LogP contribution in [0.25, 0.3) is 0 Å². The molecular formula is C23H25N4O5+. The normalized spacial score (nSPS) is 23.1. The van der Waals surface area contributed by atoms with Crippen molar-refractivity contribution in [2.45, 2.75) is 12.3 Å². The van der Waals surface area contributed by atoms with Gasteiger partial charge in [0.2, 0.25) is 5.88 Å². The molecule has 166 valence electrons. The molecule has 0 unspecified atom stereocenters. The van der Waals surface area contributed by atoms with E-state index in [0.29, 0.717) is 31.1 Å². The lowest BCUT2D eigenvalue weighted by atomic mass is 9.68. The molecule has 0 saturated carbocycles. The summed E-state index contributed by atoms with van der Waals surface area (Å²) in [6.45, 7) is 8.12. The summed E-state index contributed by atoms with van der Waals surface area (Å²) < 4.78 is 16.3. The molecule has 0 radical (unpaired) electrons. The zero-order chi connectivity index (χ0) is 22.9. The number of anilines is 1. The van der Waals surface area contributed by atoms with E-state index >= 15 is 0 Å². The van der Waals surface area contributed by atoms with E-state index in [9.17, 15) is 14.9 Å². The van der Waals surface area contributed by atoms with Crippen molar-refractivity contribution in [3.05, 3.63) is 65.3 Å². The first-order valence-corrected chi connectivity index (χ1v) is 10.4. The molecule has 0 bridgehead atoms. The number of carbonyl (C=O) groups excluding carboxylic acids is 2. The Morgan fingerprint density at radius 1 is 1.41 bits per heavy atom. The summed E-state index contributed by atoms with van der Waals surface area (Å²) in [5, 5.41) is 10.0. The fourth-order valence-corrected chi connectivity index (χ4v) is 4.62. The monoisotopic (exact) mass is 437 g/mol. The molecule has 3 aliphatic heterocycles. The summed E-state index contributed by atoms with van der Waals surface area (Å²) in [6, 6.07) is 9.17. The molecule has 4 rings (SSSR count). The highest BCUT2D eigenvalue weighted by Gasteiger charge is 2.62. The number of nitriles is 1. The molecule has 1 amide bonds. The molecule has 3 N–H and O–H groups in total. The Morgan fingerprint density at radius 3 is 2.81 bits per heavy atom. The second-order valence-electron chi connectivity index (χ2n) is 7.79. The molecule has 0 aromatic heterocycles. The molecule has 0 aliphatic carbocycles. The van der Waals surface area contributed by atoms with Crippen LogP contribution < -0.4 is 15.5 Å². The highest BCUT2D eigenvalue weighted by molar-refractivity contribution is 6.18. The van der Waals surface area contributed by atoms with E-state index in [1.165, 1.54) is 6.08 Å². The summed E-state index contributed by atoms with van der Waals surface area (Å²) in [6.07, 6.45) is 1.43. The maximum absolute atomic E-state index is 14.2. The van der Waals surface area contributed by atoms with Crippen LogP contribution in [-0.2, 0) is 29.2 Å². The van der Waals surface area contributed by atoms with E-state index in [0.717, 1.165) is 18.0 Å². The molecule has 3 heterocycles. The number of rotatable bonds is 5. The summed E-state index contributed by atoms with van der Waals surface area (Å²) in [4.78, 5) is 30.1. The number of fused-ring (bicyclic) bond motifs is 2. The van der Waals surface area contributed by atoms with Gasteiger partial charge >= 0.3 is 5.97 Å². The zero-order valence-corrected chi connectivity index (χ0v) is 17.8. The number of quaternary nitrogens is 1. The predicted octanol–water partition coefficient (Wildman–Crippen LogP) is -0.129. The molecule has 3 aliphatic rings. The average Bonchev–Trinajstić information content (AvgIpc) is 3.02. The Bertz CT molecular complexity index is 1080. The van der Waals surface area contributed by atoms with Gasteiger partial charge in [-0.3, -0.25) is 9.69 Å². The molecule has 32 heavy (non-hydrogen) atoms. The Kier molecular flexibility index (Phi) is 5.74. The minimum absolute atomic E-state index is 0.0398. The number of amides is 1. The maximum atomic E-state index is 14.2. The number of morpholine rings is 1. The number of hydrogen-bond donors (Lipinski definition) is 2. The van der Waals surface area contributed by atoms with E-state index in [1.54, 1.807) is 24.0 Å². The number of nitrogens with two attached hydrogens (primary N) is 1. The summed E-state index contributed by atoms with van der Waals surface area (Å²) in [5.74, 6) is -1.26. The minimum Gasteiger partial charge on any atom is -0.458 e. The van der Waals surface area contributed by atoms with Gasteiger partial charge in [-0.15, -0.1) is 0 Å². The van der Waals surface area contributed by atoms with Crippen molar-refractivity contribution in [3.63, 3.8) is 0 Å². The predicted molar refractivity (Wildman–Crippen MR) is 114 cm³/mol. The first kappa shape index (κ1) is 21.6. The van der Waals surface area contributed by atoms with Crippen LogP contribution in [-0.4, -0.2) is 51.5 Å². The number of carbonyl (C=O) groups is 2.